The first-order valence-electron chi connectivity index (χ1n) is 7.59. The lowest BCUT2D eigenvalue weighted by atomic mass is 9.68. The maximum atomic E-state index is 12.7. The number of rotatable bonds is 3. The normalized spacial score (nSPS) is 28.9. The maximum absolute atomic E-state index is 12.7. The molecule has 2 unspecified atom stereocenters. The highest BCUT2D eigenvalue weighted by Crippen LogP contribution is 2.55. The first-order valence-corrected chi connectivity index (χ1v) is 7.59. The monoisotopic (exact) mass is 309 g/mol. The van der Waals surface area contributed by atoms with Gasteiger partial charge in [0.25, 0.3) is 5.91 Å². The zero-order valence-electron chi connectivity index (χ0n) is 13.4. The number of carbonyl (C=O) groups is 2. The number of hydrogen-bond donors (Lipinski definition) is 1. The molecular formula is C19H19NO3. The lowest BCUT2D eigenvalue weighted by Crippen LogP contribution is -2.62. The second-order valence-electron chi connectivity index (χ2n) is 6.18. The van der Waals surface area contributed by atoms with Crippen molar-refractivity contribution in [1.82, 2.24) is 4.90 Å². The van der Waals surface area contributed by atoms with Crippen LogP contribution in [0.25, 0.3) is 6.08 Å². The summed E-state index contributed by atoms with van der Waals surface area (Å²) in [5, 5.41) is 10.5. The van der Waals surface area contributed by atoms with Gasteiger partial charge in [-0.25, -0.2) is 0 Å². The summed E-state index contributed by atoms with van der Waals surface area (Å²) in [6, 6.07) is 9.01. The number of aliphatic hydroxyl groups excluding tert-OH is 1. The largest absolute Gasteiger partial charge is 0.505 e. The van der Waals surface area contributed by atoms with Gasteiger partial charge in [0.2, 0.25) is 0 Å². The highest BCUT2D eigenvalue weighted by atomic mass is 16.3. The Morgan fingerprint density at radius 1 is 1.30 bits per heavy atom. The molecule has 1 amide bonds. The predicted molar refractivity (Wildman–Crippen MR) is 88.3 cm³/mol. The van der Waals surface area contributed by atoms with Gasteiger partial charge in [0.1, 0.15) is 12.0 Å². The molecule has 2 heterocycles. The van der Waals surface area contributed by atoms with E-state index < -0.39 is 5.41 Å². The van der Waals surface area contributed by atoms with Gasteiger partial charge in [0.15, 0.2) is 0 Å². The van der Waals surface area contributed by atoms with Gasteiger partial charge in [0.05, 0.1) is 22.7 Å². The molecule has 23 heavy (non-hydrogen) atoms. The molecule has 1 fully saturated rings. The first kappa shape index (κ1) is 15.3. The third-order valence-electron chi connectivity index (χ3n) is 4.75. The van der Waals surface area contributed by atoms with Gasteiger partial charge in [-0.15, -0.1) is 0 Å². The number of hydrogen-bond acceptors (Lipinski definition) is 3. The molecule has 1 N–H and O–H groups in total. The lowest BCUT2D eigenvalue weighted by molar-refractivity contribution is -0.138. The Balaban J connectivity index is 2.11. The minimum absolute atomic E-state index is 0.0893. The summed E-state index contributed by atoms with van der Waals surface area (Å²) >= 11 is 0. The fraction of sp³-hybridized carbons (Fsp3) is 0.263. The third kappa shape index (κ3) is 1.98. The highest BCUT2D eigenvalue weighted by Gasteiger charge is 2.62. The van der Waals surface area contributed by atoms with Crippen LogP contribution in [0.1, 0.15) is 26.3 Å². The Labute approximate surface area is 135 Å². The fourth-order valence-electron chi connectivity index (χ4n) is 3.47. The molecule has 0 aliphatic carbocycles. The highest BCUT2D eigenvalue weighted by molar-refractivity contribution is 6.08. The zero-order chi connectivity index (χ0) is 16.8. The zero-order valence-corrected chi connectivity index (χ0v) is 13.4. The van der Waals surface area contributed by atoms with E-state index in [2.05, 4.69) is 0 Å². The van der Waals surface area contributed by atoms with E-state index in [0.29, 0.717) is 5.70 Å². The number of amides is 1. The van der Waals surface area contributed by atoms with Gasteiger partial charge >= 0.3 is 0 Å². The van der Waals surface area contributed by atoms with Crippen LogP contribution in [0.3, 0.4) is 0 Å². The molecule has 1 aromatic carbocycles. The molecule has 4 nitrogen and oxygen atoms in total. The van der Waals surface area contributed by atoms with Crippen molar-refractivity contribution in [3.8, 4) is 0 Å². The van der Waals surface area contributed by atoms with Gasteiger partial charge in [-0.05, 0) is 32.4 Å². The van der Waals surface area contributed by atoms with E-state index in [1.807, 2.05) is 50.3 Å². The standard InChI is InChI=1S/C19H19NO3/c1-4-12(2)16-19(3,11-21)17-15(22)14(18(23)20(16)17)10-13-8-6-5-7-9-13/h4-11,16,22H,1-3H3/b12-4+,14-10-. The van der Waals surface area contributed by atoms with Crippen molar-refractivity contribution >= 4 is 18.3 Å². The minimum Gasteiger partial charge on any atom is -0.505 e. The first-order chi connectivity index (χ1) is 11.0. The maximum Gasteiger partial charge on any atom is 0.262 e. The molecule has 3 rings (SSSR count). The van der Waals surface area contributed by atoms with E-state index in [1.54, 1.807) is 13.0 Å². The summed E-state index contributed by atoms with van der Waals surface area (Å²) < 4.78 is 0. The molecule has 118 valence electrons. The molecule has 2 aliphatic rings. The summed E-state index contributed by atoms with van der Waals surface area (Å²) in [7, 11) is 0. The average molecular weight is 309 g/mol. The predicted octanol–water partition coefficient (Wildman–Crippen LogP) is 3.24. The Morgan fingerprint density at radius 2 is 1.96 bits per heavy atom. The van der Waals surface area contributed by atoms with Crippen LogP contribution in [0.5, 0.6) is 0 Å². The van der Waals surface area contributed by atoms with Crippen molar-refractivity contribution in [2.45, 2.75) is 26.8 Å². The van der Waals surface area contributed by atoms with Crippen LogP contribution >= 0.6 is 0 Å². The van der Waals surface area contributed by atoms with Crippen LogP contribution in [0, 0.1) is 5.41 Å². The third-order valence-corrected chi connectivity index (χ3v) is 4.75. The molecule has 2 atom stereocenters. The van der Waals surface area contributed by atoms with Crippen molar-refractivity contribution in [1.29, 1.82) is 0 Å². The number of nitrogens with zero attached hydrogens (tertiary/aromatic N) is 1. The van der Waals surface area contributed by atoms with Crippen molar-refractivity contribution < 1.29 is 14.7 Å². The molecule has 0 spiro atoms. The topological polar surface area (TPSA) is 57.6 Å². The molecule has 2 aliphatic heterocycles. The fourth-order valence-corrected chi connectivity index (χ4v) is 3.47. The Bertz CT molecular complexity index is 773. The van der Waals surface area contributed by atoms with Crippen LogP contribution in [0.15, 0.2) is 59.0 Å². The molecule has 1 saturated heterocycles. The van der Waals surface area contributed by atoms with Gasteiger partial charge in [-0.3, -0.25) is 9.69 Å². The molecule has 4 heteroatoms. The Kier molecular flexibility index (Phi) is 3.48. The van der Waals surface area contributed by atoms with Gasteiger partial charge < -0.3 is 9.90 Å². The van der Waals surface area contributed by atoms with E-state index in [4.69, 9.17) is 0 Å². The lowest BCUT2D eigenvalue weighted by Gasteiger charge is -2.52. The van der Waals surface area contributed by atoms with Crippen LogP contribution in [0.4, 0.5) is 0 Å². The van der Waals surface area contributed by atoms with Gasteiger partial charge in [0, 0.05) is 0 Å². The van der Waals surface area contributed by atoms with Crippen molar-refractivity contribution in [3.63, 3.8) is 0 Å². The average Bonchev–Trinajstić information content (AvgIpc) is 2.77. The minimum atomic E-state index is -0.872. The van der Waals surface area contributed by atoms with Crippen molar-refractivity contribution in [2.75, 3.05) is 0 Å². The molecule has 0 saturated carbocycles. The van der Waals surface area contributed by atoms with Crippen LogP contribution in [-0.2, 0) is 9.59 Å². The smallest absolute Gasteiger partial charge is 0.262 e. The number of carbonyl (C=O) groups excluding carboxylic acids is 2. The van der Waals surface area contributed by atoms with E-state index in [1.165, 1.54) is 4.90 Å². The van der Waals surface area contributed by atoms with Crippen molar-refractivity contribution in [3.05, 3.63) is 64.6 Å². The Morgan fingerprint density at radius 3 is 2.52 bits per heavy atom. The SMILES string of the molecule is C/C=C(\C)C1N2C(=O)/C(=C\c3ccccc3)C(O)=C2C1(C)C=O. The summed E-state index contributed by atoms with van der Waals surface area (Å²) in [6.45, 7) is 5.54. The summed E-state index contributed by atoms with van der Waals surface area (Å²) in [6.07, 6.45) is 4.38. The number of benzene rings is 1. The number of allylic oxidation sites excluding steroid dienone is 1. The summed E-state index contributed by atoms with van der Waals surface area (Å²) in [5.41, 5.74) is 1.54. The van der Waals surface area contributed by atoms with E-state index in [-0.39, 0.29) is 23.3 Å². The van der Waals surface area contributed by atoms with Gasteiger partial charge in [-0.2, -0.15) is 0 Å². The second-order valence-corrected chi connectivity index (χ2v) is 6.18. The quantitative estimate of drug-likeness (QED) is 0.530. The summed E-state index contributed by atoms with van der Waals surface area (Å²) in [4.78, 5) is 25.9. The Hall–Kier alpha value is -2.62. The second kappa shape index (κ2) is 5.23. The van der Waals surface area contributed by atoms with Crippen LogP contribution in [0.2, 0.25) is 0 Å². The number of fused-ring (bicyclic) bond motifs is 1. The van der Waals surface area contributed by atoms with Gasteiger partial charge in [-0.1, -0.05) is 42.0 Å². The molecule has 0 radical (unpaired) electrons. The summed E-state index contributed by atoms with van der Waals surface area (Å²) in [5.74, 6) is -0.347. The van der Waals surface area contributed by atoms with Crippen LogP contribution < -0.4 is 0 Å². The van der Waals surface area contributed by atoms with Crippen molar-refractivity contribution in [2.24, 2.45) is 5.41 Å². The van der Waals surface area contributed by atoms with Crippen LogP contribution in [-0.4, -0.2) is 28.2 Å². The number of aliphatic hydroxyl groups is 1. The molecule has 0 bridgehead atoms. The van der Waals surface area contributed by atoms with E-state index in [9.17, 15) is 14.7 Å². The molecular weight excluding hydrogens is 290 g/mol. The van der Waals surface area contributed by atoms with E-state index >= 15 is 0 Å². The number of aldehydes is 1. The van der Waals surface area contributed by atoms with E-state index in [0.717, 1.165) is 17.4 Å². The molecule has 1 aromatic rings. The molecule has 0 aromatic heterocycles.